The van der Waals surface area contributed by atoms with Gasteiger partial charge in [0, 0.05) is 45.1 Å². The van der Waals surface area contributed by atoms with Gasteiger partial charge in [0.15, 0.2) is 5.82 Å². The Kier molecular flexibility index (Phi) is 3.03. The summed E-state index contributed by atoms with van der Waals surface area (Å²) in [6, 6.07) is 10.5. The van der Waals surface area contributed by atoms with Crippen LogP contribution in [0, 0.1) is 0 Å². The van der Waals surface area contributed by atoms with Gasteiger partial charge >= 0.3 is 0 Å². The summed E-state index contributed by atoms with van der Waals surface area (Å²) in [6.45, 7) is 3.91. The molecule has 100 valence electrons. The molecular weight excluding hydrogens is 238 g/mol. The zero-order valence-electron chi connectivity index (χ0n) is 11.2. The maximum atomic E-state index is 5.98. The summed E-state index contributed by atoms with van der Waals surface area (Å²) >= 11 is 0. The van der Waals surface area contributed by atoms with Gasteiger partial charge in [-0.3, -0.25) is 4.68 Å². The number of para-hydroxylation sites is 1. The van der Waals surface area contributed by atoms with Crippen LogP contribution in [0.2, 0.25) is 0 Å². The third kappa shape index (κ3) is 2.36. The van der Waals surface area contributed by atoms with Gasteiger partial charge in [-0.25, -0.2) is 0 Å². The first-order chi connectivity index (χ1) is 9.24. The van der Waals surface area contributed by atoms with E-state index in [0.717, 1.165) is 37.7 Å². The van der Waals surface area contributed by atoms with Crippen LogP contribution in [0.15, 0.2) is 36.5 Å². The van der Waals surface area contributed by atoms with E-state index in [2.05, 4.69) is 39.2 Å². The summed E-state index contributed by atoms with van der Waals surface area (Å²) in [7, 11) is 1.90. The second-order valence-corrected chi connectivity index (χ2v) is 4.89. The van der Waals surface area contributed by atoms with Crippen molar-refractivity contribution in [3.8, 4) is 0 Å². The van der Waals surface area contributed by atoms with E-state index in [1.165, 1.54) is 5.69 Å². The van der Waals surface area contributed by atoms with Crippen LogP contribution >= 0.6 is 0 Å². The summed E-state index contributed by atoms with van der Waals surface area (Å²) in [5.74, 6) is 0.912. The number of nitrogen functional groups attached to an aromatic ring is 1. The van der Waals surface area contributed by atoms with Crippen molar-refractivity contribution in [2.24, 2.45) is 7.05 Å². The first-order valence-corrected chi connectivity index (χ1v) is 6.58. The average Bonchev–Trinajstić information content (AvgIpc) is 2.79. The predicted octanol–water partition coefficient (Wildman–Crippen LogP) is 1.33. The molecule has 2 aromatic rings. The van der Waals surface area contributed by atoms with Crippen LogP contribution in [0.3, 0.4) is 0 Å². The number of nitrogens with two attached hydrogens (primary N) is 1. The zero-order chi connectivity index (χ0) is 13.2. The van der Waals surface area contributed by atoms with Gasteiger partial charge in [0.1, 0.15) is 0 Å². The lowest BCUT2D eigenvalue weighted by molar-refractivity contribution is 0.639. The minimum Gasteiger partial charge on any atom is -0.394 e. The Morgan fingerprint density at radius 1 is 1.00 bits per heavy atom. The van der Waals surface area contributed by atoms with Gasteiger partial charge in [-0.1, -0.05) is 18.2 Å². The lowest BCUT2D eigenvalue weighted by Gasteiger charge is -2.36. The third-order valence-electron chi connectivity index (χ3n) is 3.54. The van der Waals surface area contributed by atoms with Crippen molar-refractivity contribution in [1.29, 1.82) is 0 Å². The molecule has 2 heterocycles. The Balaban J connectivity index is 1.68. The molecule has 1 aromatic heterocycles. The van der Waals surface area contributed by atoms with Crippen molar-refractivity contribution in [3.63, 3.8) is 0 Å². The molecule has 0 spiro atoms. The molecule has 0 unspecified atom stereocenters. The molecular formula is C14H19N5. The highest BCUT2D eigenvalue weighted by Gasteiger charge is 2.20. The Labute approximate surface area is 113 Å². The molecule has 0 bridgehead atoms. The molecule has 1 fully saturated rings. The van der Waals surface area contributed by atoms with Crippen molar-refractivity contribution in [3.05, 3.63) is 36.5 Å². The van der Waals surface area contributed by atoms with E-state index in [1.807, 2.05) is 19.3 Å². The van der Waals surface area contributed by atoms with Crippen molar-refractivity contribution in [1.82, 2.24) is 9.78 Å². The van der Waals surface area contributed by atoms with Crippen molar-refractivity contribution in [2.75, 3.05) is 41.7 Å². The molecule has 5 nitrogen and oxygen atoms in total. The van der Waals surface area contributed by atoms with Gasteiger partial charge in [0.25, 0.3) is 0 Å². The Morgan fingerprint density at radius 3 is 2.21 bits per heavy atom. The van der Waals surface area contributed by atoms with Gasteiger partial charge < -0.3 is 15.5 Å². The maximum absolute atomic E-state index is 5.98. The molecule has 1 aliphatic rings. The normalized spacial score (nSPS) is 15.8. The third-order valence-corrected chi connectivity index (χ3v) is 3.54. The SMILES string of the molecule is Cn1cc(N)c(N2CCN(c3ccccc3)CC2)n1. The van der Waals surface area contributed by atoms with Crippen LogP contribution in [-0.2, 0) is 7.05 Å². The van der Waals surface area contributed by atoms with E-state index in [-0.39, 0.29) is 0 Å². The van der Waals surface area contributed by atoms with Crippen molar-refractivity contribution < 1.29 is 0 Å². The molecule has 1 saturated heterocycles. The van der Waals surface area contributed by atoms with Crippen molar-refractivity contribution >= 4 is 17.2 Å². The molecule has 2 N–H and O–H groups in total. The fourth-order valence-corrected chi connectivity index (χ4v) is 2.56. The fraction of sp³-hybridized carbons (Fsp3) is 0.357. The number of nitrogens with zero attached hydrogens (tertiary/aromatic N) is 4. The number of anilines is 3. The first-order valence-electron chi connectivity index (χ1n) is 6.58. The lowest BCUT2D eigenvalue weighted by atomic mass is 10.2. The molecule has 0 atom stereocenters. The monoisotopic (exact) mass is 257 g/mol. The predicted molar refractivity (Wildman–Crippen MR) is 78.5 cm³/mol. The summed E-state index contributed by atoms with van der Waals surface area (Å²) in [6.07, 6.45) is 1.86. The molecule has 0 amide bonds. The standard InChI is InChI=1S/C14H19N5/c1-17-11-13(15)14(16-17)19-9-7-18(8-10-19)12-5-3-2-4-6-12/h2-6,11H,7-10,15H2,1H3. The number of hydrogen-bond donors (Lipinski definition) is 1. The highest BCUT2D eigenvalue weighted by atomic mass is 15.4. The molecule has 1 aliphatic heterocycles. The first kappa shape index (κ1) is 11.9. The molecule has 0 saturated carbocycles. The number of aryl methyl sites for hydroxylation is 1. The summed E-state index contributed by atoms with van der Waals surface area (Å²) in [4.78, 5) is 4.66. The van der Waals surface area contributed by atoms with E-state index in [4.69, 9.17) is 5.73 Å². The number of hydrogen-bond acceptors (Lipinski definition) is 4. The van der Waals surface area contributed by atoms with Crippen LogP contribution in [0.1, 0.15) is 0 Å². The highest BCUT2D eigenvalue weighted by molar-refractivity contribution is 5.62. The van der Waals surface area contributed by atoms with Gasteiger partial charge in [0.2, 0.25) is 0 Å². The topological polar surface area (TPSA) is 50.3 Å². The summed E-state index contributed by atoms with van der Waals surface area (Å²) in [5.41, 5.74) is 8.03. The minimum atomic E-state index is 0.760. The summed E-state index contributed by atoms with van der Waals surface area (Å²) < 4.78 is 1.77. The van der Waals surface area contributed by atoms with E-state index in [9.17, 15) is 0 Å². The van der Waals surface area contributed by atoms with Gasteiger partial charge in [-0.15, -0.1) is 0 Å². The quantitative estimate of drug-likeness (QED) is 0.882. The van der Waals surface area contributed by atoms with E-state index in [1.54, 1.807) is 4.68 Å². The smallest absolute Gasteiger partial charge is 0.173 e. The lowest BCUT2D eigenvalue weighted by Crippen LogP contribution is -2.46. The molecule has 0 radical (unpaired) electrons. The molecule has 3 rings (SSSR count). The Morgan fingerprint density at radius 2 is 1.63 bits per heavy atom. The highest BCUT2D eigenvalue weighted by Crippen LogP contribution is 2.23. The number of rotatable bonds is 2. The second kappa shape index (κ2) is 4.84. The van der Waals surface area contributed by atoms with Crippen LogP contribution in [0.25, 0.3) is 0 Å². The van der Waals surface area contributed by atoms with Gasteiger partial charge in [0.05, 0.1) is 5.69 Å². The van der Waals surface area contributed by atoms with Crippen molar-refractivity contribution in [2.45, 2.75) is 0 Å². The van der Waals surface area contributed by atoms with E-state index < -0.39 is 0 Å². The Hall–Kier alpha value is -2.17. The van der Waals surface area contributed by atoms with Crippen LogP contribution < -0.4 is 15.5 Å². The molecule has 0 aliphatic carbocycles. The second-order valence-electron chi connectivity index (χ2n) is 4.89. The average molecular weight is 257 g/mol. The molecule has 5 heteroatoms. The van der Waals surface area contributed by atoms with Crippen LogP contribution in [0.5, 0.6) is 0 Å². The molecule has 1 aromatic carbocycles. The fourth-order valence-electron chi connectivity index (χ4n) is 2.56. The van der Waals surface area contributed by atoms with Gasteiger partial charge in [-0.2, -0.15) is 5.10 Å². The maximum Gasteiger partial charge on any atom is 0.173 e. The van der Waals surface area contributed by atoms with Crippen LogP contribution in [-0.4, -0.2) is 36.0 Å². The summed E-state index contributed by atoms with van der Waals surface area (Å²) in [5, 5.41) is 4.43. The van der Waals surface area contributed by atoms with E-state index >= 15 is 0 Å². The zero-order valence-corrected chi connectivity index (χ0v) is 11.2. The minimum absolute atomic E-state index is 0.760. The van der Waals surface area contributed by atoms with E-state index in [0.29, 0.717) is 0 Å². The number of piperazine rings is 1. The molecule has 19 heavy (non-hydrogen) atoms. The Bertz CT molecular complexity index is 540. The number of aromatic nitrogens is 2. The number of benzene rings is 1. The van der Waals surface area contributed by atoms with Gasteiger partial charge in [-0.05, 0) is 12.1 Å². The largest absolute Gasteiger partial charge is 0.394 e. The van der Waals surface area contributed by atoms with Crippen LogP contribution in [0.4, 0.5) is 17.2 Å².